The van der Waals surface area contributed by atoms with Crippen LogP contribution < -0.4 is 5.32 Å². The number of nitrogens with one attached hydrogen (secondary N) is 1. The van der Waals surface area contributed by atoms with E-state index in [9.17, 15) is 4.79 Å². The van der Waals surface area contributed by atoms with Gasteiger partial charge in [0.1, 0.15) is 5.01 Å². The molecule has 106 valence electrons. The summed E-state index contributed by atoms with van der Waals surface area (Å²) in [6.45, 7) is 6.20. The molecular formula is C13H13BrIN3OS. The topological polar surface area (TPSA) is 54.9 Å². The van der Waals surface area contributed by atoms with Gasteiger partial charge in [0.25, 0.3) is 5.91 Å². The Morgan fingerprint density at radius 1 is 1.35 bits per heavy atom. The van der Waals surface area contributed by atoms with E-state index < -0.39 is 0 Å². The Bertz CT molecular complexity index is 651. The van der Waals surface area contributed by atoms with E-state index >= 15 is 0 Å². The third kappa shape index (κ3) is 3.76. The molecule has 0 bridgehead atoms. The number of hydrogen-bond acceptors (Lipinski definition) is 4. The van der Waals surface area contributed by atoms with Gasteiger partial charge in [-0.2, -0.15) is 0 Å². The van der Waals surface area contributed by atoms with Gasteiger partial charge in [-0.15, -0.1) is 10.2 Å². The predicted molar refractivity (Wildman–Crippen MR) is 93.4 cm³/mol. The largest absolute Gasteiger partial charge is 0.296 e. The van der Waals surface area contributed by atoms with Crippen LogP contribution in [0.25, 0.3) is 0 Å². The van der Waals surface area contributed by atoms with Gasteiger partial charge in [-0.1, -0.05) is 48.0 Å². The van der Waals surface area contributed by atoms with E-state index in [1.54, 1.807) is 6.07 Å². The third-order valence-corrected chi connectivity index (χ3v) is 5.16. The van der Waals surface area contributed by atoms with Crippen LogP contribution in [0.2, 0.25) is 0 Å². The SMILES string of the molecule is CC(C)(C)c1nnc(NC(=O)c2cc(Br)ccc2I)s1. The molecule has 0 aliphatic carbocycles. The van der Waals surface area contributed by atoms with Crippen molar-refractivity contribution in [2.75, 3.05) is 5.32 Å². The fourth-order valence-electron chi connectivity index (χ4n) is 1.41. The van der Waals surface area contributed by atoms with Crippen LogP contribution in [-0.4, -0.2) is 16.1 Å². The average molecular weight is 466 g/mol. The van der Waals surface area contributed by atoms with Crippen molar-refractivity contribution < 1.29 is 4.79 Å². The Balaban J connectivity index is 2.20. The van der Waals surface area contributed by atoms with Gasteiger partial charge in [-0.3, -0.25) is 10.1 Å². The lowest BCUT2D eigenvalue weighted by atomic mass is 9.98. The van der Waals surface area contributed by atoms with Crippen molar-refractivity contribution in [3.63, 3.8) is 0 Å². The summed E-state index contributed by atoms with van der Waals surface area (Å²) in [5, 5.41) is 12.4. The molecule has 0 unspecified atom stereocenters. The van der Waals surface area contributed by atoms with Gasteiger partial charge < -0.3 is 0 Å². The molecule has 0 saturated heterocycles. The maximum Gasteiger partial charge on any atom is 0.258 e. The van der Waals surface area contributed by atoms with Crippen molar-refractivity contribution in [2.45, 2.75) is 26.2 Å². The van der Waals surface area contributed by atoms with Crippen molar-refractivity contribution in [3.05, 3.63) is 36.8 Å². The number of rotatable bonds is 2. The monoisotopic (exact) mass is 465 g/mol. The van der Waals surface area contributed by atoms with Crippen LogP contribution in [0.5, 0.6) is 0 Å². The van der Waals surface area contributed by atoms with Crippen molar-refractivity contribution in [2.24, 2.45) is 0 Å². The number of aromatic nitrogens is 2. The average Bonchev–Trinajstić information content (AvgIpc) is 2.80. The number of anilines is 1. The standard InChI is InChI=1S/C13H13BrIN3OS/c1-13(2,3)11-17-18-12(20-11)16-10(19)8-6-7(14)4-5-9(8)15/h4-6H,1-3H3,(H,16,18,19). The molecule has 1 N–H and O–H groups in total. The summed E-state index contributed by atoms with van der Waals surface area (Å²) >= 11 is 6.91. The molecule has 2 aromatic rings. The number of hydrogen-bond donors (Lipinski definition) is 1. The van der Waals surface area contributed by atoms with E-state index in [0.717, 1.165) is 13.1 Å². The van der Waals surface area contributed by atoms with Gasteiger partial charge in [-0.05, 0) is 40.8 Å². The Morgan fingerprint density at radius 2 is 2.05 bits per heavy atom. The molecule has 0 atom stereocenters. The molecule has 0 radical (unpaired) electrons. The van der Waals surface area contributed by atoms with Crippen molar-refractivity contribution in [1.82, 2.24) is 10.2 Å². The Labute approximate surface area is 143 Å². The first-order valence-corrected chi connectivity index (χ1v) is 8.56. The van der Waals surface area contributed by atoms with Gasteiger partial charge in [0.05, 0.1) is 5.56 Å². The van der Waals surface area contributed by atoms with Crippen LogP contribution in [0.3, 0.4) is 0 Å². The summed E-state index contributed by atoms with van der Waals surface area (Å²) in [6.07, 6.45) is 0. The van der Waals surface area contributed by atoms with Gasteiger partial charge in [0, 0.05) is 13.5 Å². The number of benzene rings is 1. The number of carbonyl (C=O) groups is 1. The van der Waals surface area contributed by atoms with Crippen LogP contribution in [0.15, 0.2) is 22.7 Å². The number of nitrogens with zero attached hydrogens (tertiary/aromatic N) is 2. The van der Waals surface area contributed by atoms with Gasteiger partial charge in [0.2, 0.25) is 5.13 Å². The molecule has 1 aromatic heterocycles. The number of carbonyl (C=O) groups excluding carboxylic acids is 1. The second-order valence-corrected chi connectivity index (χ2v) is 8.30. The van der Waals surface area contributed by atoms with Gasteiger partial charge >= 0.3 is 0 Å². The third-order valence-electron chi connectivity index (χ3n) is 2.46. The quantitative estimate of drug-likeness (QED) is 0.666. The fraction of sp³-hybridized carbons (Fsp3) is 0.308. The van der Waals surface area contributed by atoms with Crippen LogP contribution >= 0.6 is 49.9 Å². The van der Waals surface area contributed by atoms with Gasteiger partial charge in [-0.25, -0.2) is 0 Å². The molecule has 20 heavy (non-hydrogen) atoms. The first-order chi connectivity index (χ1) is 9.27. The first kappa shape index (κ1) is 15.8. The summed E-state index contributed by atoms with van der Waals surface area (Å²) in [5.74, 6) is -0.174. The molecule has 0 fully saturated rings. The fourth-order valence-corrected chi connectivity index (χ4v) is 3.15. The minimum atomic E-state index is -0.174. The Morgan fingerprint density at radius 3 is 2.65 bits per heavy atom. The van der Waals surface area contributed by atoms with Crippen LogP contribution in [0, 0.1) is 3.57 Å². The molecule has 0 saturated carbocycles. The maximum atomic E-state index is 12.2. The van der Waals surface area contributed by atoms with Crippen LogP contribution in [0.4, 0.5) is 5.13 Å². The van der Waals surface area contributed by atoms with E-state index in [0.29, 0.717) is 10.7 Å². The highest BCUT2D eigenvalue weighted by molar-refractivity contribution is 14.1. The maximum absolute atomic E-state index is 12.2. The Kier molecular flexibility index (Phi) is 4.80. The zero-order valence-electron chi connectivity index (χ0n) is 11.2. The molecular weight excluding hydrogens is 453 g/mol. The lowest BCUT2D eigenvalue weighted by Crippen LogP contribution is -2.13. The normalized spacial score (nSPS) is 11.4. The smallest absolute Gasteiger partial charge is 0.258 e. The summed E-state index contributed by atoms with van der Waals surface area (Å²) in [4.78, 5) is 12.2. The highest BCUT2D eigenvalue weighted by Gasteiger charge is 2.20. The lowest BCUT2D eigenvalue weighted by Gasteiger charge is -2.12. The van der Waals surface area contributed by atoms with E-state index in [1.165, 1.54) is 11.3 Å². The van der Waals surface area contributed by atoms with E-state index in [-0.39, 0.29) is 11.3 Å². The van der Waals surface area contributed by atoms with Crippen molar-refractivity contribution >= 4 is 60.9 Å². The molecule has 7 heteroatoms. The van der Waals surface area contributed by atoms with E-state index in [1.807, 2.05) is 12.1 Å². The molecule has 0 aliphatic heterocycles. The summed E-state index contributed by atoms with van der Waals surface area (Å²) in [5.41, 5.74) is 0.553. The highest BCUT2D eigenvalue weighted by Crippen LogP contribution is 2.28. The Hall–Kier alpha value is -0.540. The van der Waals surface area contributed by atoms with Crippen molar-refractivity contribution in [3.8, 4) is 0 Å². The van der Waals surface area contributed by atoms with Crippen molar-refractivity contribution in [1.29, 1.82) is 0 Å². The first-order valence-electron chi connectivity index (χ1n) is 5.88. The lowest BCUT2D eigenvalue weighted by molar-refractivity contribution is 0.102. The second kappa shape index (κ2) is 6.07. The predicted octanol–water partition coefficient (Wildman–Crippen LogP) is 4.46. The number of halogens is 2. The zero-order valence-corrected chi connectivity index (χ0v) is 15.8. The van der Waals surface area contributed by atoms with E-state index in [2.05, 4.69) is 74.8 Å². The second-order valence-electron chi connectivity index (χ2n) is 5.24. The highest BCUT2D eigenvalue weighted by atomic mass is 127. The van der Waals surface area contributed by atoms with Gasteiger partial charge in [0.15, 0.2) is 0 Å². The molecule has 1 amide bonds. The minimum absolute atomic E-state index is 0.0646. The molecule has 0 spiro atoms. The molecule has 1 aromatic carbocycles. The molecule has 4 nitrogen and oxygen atoms in total. The van der Waals surface area contributed by atoms with E-state index in [4.69, 9.17) is 0 Å². The van der Waals surface area contributed by atoms with Crippen LogP contribution in [0.1, 0.15) is 36.1 Å². The summed E-state index contributed by atoms with van der Waals surface area (Å²) in [7, 11) is 0. The molecule has 2 rings (SSSR count). The molecule has 1 heterocycles. The summed E-state index contributed by atoms with van der Waals surface area (Å²) < 4.78 is 1.76. The molecule has 0 aliphatic rings. The minimum Gasteiger partial charge on any atom is -0.296 e. The van der Waals surface area contributed by atoms with Crippen LogP contribution in [-0.2, 0) is 5.41 Å². The zero-order chi connectivity index (χ0) is 14.9. The summed E-state index contributed by atoms with van der Waals surface area (Å²) in [6, 6.07) is 5.59. The number of amides is 1.